The van der Waals surface area contributed by atoms with Crippen LogP contribution in [-0.4, -0.2) is 33.9 Å². The monoisotopic (exact) mass is 407 g/mol. The third kappa shape index (κ3) is 5.00. The molecule has 0 aliphatic carbocycles. The van der Waals surface area contributed by atoms with Gasteiger partial charge in [0.15, 0.2) is 5.78 Å². The maximum absolute atomic E-state index is 13.2. The fourth-order valence-electron chi connectivity index (χ4n) is 2.93. The van der Waals surface area contributed by atoms with Gasteiger partial charge in [-0.3, -0.25) is 18.7 Å². The van der Waals surface area contributed by atoms with E-state index in [-0.39, 0.29) is 18.7 Å². The summed E-state index contributed by atoms with van der Waals surface area (Å²) >= 11 is 0. The van der Waals surface area contributed by atoms with Crippen LogP contribution in [-0.2, 0) is 13.1 Å². The minimum Gasteiger partial charge on any atom is -0.383 e. The Hall–Kier alpha value is -3.74. The molecule has 0 atom stereocenters. The van der Waals surface area contributed by atoms with E-state index in [0.29, 0.717) is 5.56 Å². The third-order valence-corrected chi connectivity index (χ3v) is 4.48. The first-order valence-corrected chi connectivity index (χ1v) is 9.37. The Bertz CT molecular complexity index is 1180. The highest BCUT2D eigenvalue weighted by atomic mass is 19.1. The molecule has 0 saturated heterocycles. The second kappa shape index (κ2) is 9.17. The predicted molar refractivity (Wildman–Crippen MR) is 113 cm³/mol. The van der Waals surface area contributed by atoms with Gasteiger partial charge in [0.1, 0.15) is 11.4 Å². The van der Waals surface area contributed by atoms with E-state index in [0.717, 1.165) is 10.1 Å². The molecule has 30 heavy (non-hydrogen) atoms. The summed E-state index contributed by atoms with van der Waals surface area (Å²) in [4.78, 5) is 40.3. The largest absolute Gasteiger partial charge is 0.383 e. The number of carbonyl (C=O) groups excluding carboxylic acids is 1. The van der Waals surface area contributed by atoms with Crippen molar-refractivity contribution in [1.82, 2.24) is 14.0 Å². The summed E-state index contributed by atoms with van der Waals surface area (Å²) in [5.74, 6) is -0.909. The molecule has 0 bridgehead atoms. The van der Waals surface area contributed by atoms with Gasteiger partial charge in [0.25, 0.3) is 5.56 Å². The molecule has 0 saturated carbocycles. The topological polar surface area (TPSA) is 64.3 Å². The Balaban J connectivity index is 2.11. The Kier molecular flexibility index (Phi) is 6.41. The third-order valence-electron chi connectivity index (χ3n) is 4.48. The van der Waals surface area contributed by atoms with Crippen LogP contribution in [0.5, 0.6) is 0 Å². The molecule has 6 nitrogen and oxygen atoms in total. The van der Waals surface area contributed by atoms with E-state index in [2.05, 4.69) is 0 Å². The second-order valence-corrected chi connectivity index (χ2v) is 7.10. The van der Waals surface area contributed by atoms with Crippen molar-refractivity contribution in [2.24, 2.45) is 0 Å². The zero-order valence-corrected chi connectivity index (χ0v) is 16.8. The van der Waals surface area contributed by atoms with E-state index in [1.165, 1.54) is 41.1 Å². The fraction of sp³-hybridized carbons (Fsp3) is 0.174. The van der Waals surface area contributed by atoms with Crippen LogP contribution in [0.3, 0.4) is 0 Å². The van der Waals surface area contributed by atoms with Crippen LogP contribution in [0.15, 0.2) is 82.7 Å². The van der Waals surface area contributed by atoms with E-state index in [1.807, 2.05) is 30.3 Å². The van der Waals surface area contributed by atoms with Gasteiger partial charge >= 0.3 is 5.69 Å². The summed E-state index contributed by atoms with van der Waals surface area (Å²) in [6, 6.07) is 14.8. The molecule has 0 amide bonds. The van der Waals surface area contributed by atoms with Crippen LogP contribution in [0.4, 0.5) is 4.39 Å². The lowest BCUT2D eigenvalue weighted by Gasteiger charge is -2.13. The number of hydrogen-bond acceptors (Lipinski definition) is 4. The average Bonchev–Trinajstić information content (AvgIpc) is 2.73. The molecular formula is C23H22FN3O3. The molecule has 0 unspecified atom stereocenters. The molecule has 3 rings (SSSR count). The number of carbonyl (C=O) groups is 1. The maximum atomic E-state index is 13.2. The molecule has 0 fully saturated rings. The van der Waals surface area contributed by atoms with Crippen LogP contribution in [0.2, 0.25) is 0 Å². The Morgan fingerprint density at radius 2 is 1.60 bits per heavy atom. The van der Waals surface area contributed by atoms with E-state index in [1.54, 1.807) is 25.2 Å². The van der Waals surface area contributed by atoms with Crippen LogP contribution in [0.25, 0.3) is 0 Å². The van der Waals surface area contributed by atoms with Gasteiger partial charge in [0.05, 0.1) is 13.1 Å². The average molecular weight is 407 g/mol. The fourth-order valence-corrected chi connectivity index (χ4v) is 2.93. The lowest BCUT2D eigenvalue weighted by molar-refractivity contribution is 0.104. The Morgan fingerprint density at radius 3 is 2.23 bits per heavy atom. The van der Waals surface area contributed by atoms with Gasteiger partial charge in [-0.25, -0.2) is 9.18 Å². The summed E-state index contributed by atoms with van der Waals surface area (Å²) in [5, 5.41) is 0. The Labute approximate surface area is 173 Å². The van der Waals surface area contributed by atoms with Gasteiger partial charge in [-0.1, -0.05) is 42.5 Å². The van der Waals surface area contributed by atoms with Crippen LogP contribution in [0, 0.1) is 5.82 Å². The molecule has 1 aromatic heterocycles. The van der Waals surface area contributed by atoms with E-state index in [9.17, 15) is 18.8 Å². The van der Waals surface area contributed by atoms with Crippen molar-refractivity contribution in [3.05, 3.63) is 116 Å². The first-order valence-electron chi connectivity index (χ1n) is 9.37. The van der Waals surface area contributed by atoms with Crippen molar-refractivity contribution in [3.63, 3.8) is 0 Å². The highest BCUT2D eigenvalue weighted by Crippen LogP contribution is 2.05. The van der Waals surface area contributed by atoms with Crippen LogP contribution >= 0.6 is 0 Å². The normalized spacial score (nSPS) is 11.0. The maximum Gasteiger partial charge on any atom is 0.331 e. The van der Waals surface area contributed by atoms with Gasteiger partial charge < -0.3 is 4.90 Å². The molecule has 154 valence electrons. The molecule has 0 radical (unpaired) electrons. The molecule has 2 aromatic carbocycles. The molecule has 7 heteroatoms. The number of hydrogen-bond donors (Lipinski definition) is 0. The highest BCUT2D eigenvalue weighted by Gasteiger charge is 2.16. The number of halogens is 1. The van der Waals surface area contributed by atoms with Crippen molar-refractivity contribution in [3.8, 4) is 0 Å². The molecule has 0 N–H and O–H groups in total. The number of benzene rings is 2. The van der Waals surface area contributed by atoms with Gasteiger partial charge in [-0.15, -0.1) is 0 Å². The van der Waals surface area contributed by atoms with Gasteiger partial charge in [-0.2, -0.15) is 0 Å². The lowest BCUT2D eigenvalue weighted by Crippen LogP contribution is -2.42. The summed E-state index contributed by atoms with van der Waals surface area (Å²) < 4.78 is 15.6. The smallest absolute Gasteiger partial charge is 0.331 e. The Morgan fingerprint density at radius 1 is 0.967 bits per heavy atom. The van der Waals surface area contributed by atoms with E-state index >= 15 is 0 Å². The van der Waals surface area contributed by atoms with Crippen molar-refractivity contribution in [2.45, 2.75) is 13.1 Å². The summed E-state index contributed by atoms with van der Waals surface area (Å²) in [7, 11) is 3.51. The standard InChI is InChI=1S/C23H22FN3O3/c1-25(2)13-12-21(28)20-16-26(14-17-6-4-3-5-7-17)23(30)27(22(20)29)15-18-8-10-19(24)11-9-18/h3-13,16H,14-15H2,1-2H3. The summed E-state index contributed by atoms with van der Waals surface area (Å²) in [5.41, 5.74) is 0.109. The quantitative estimate of drug-likeness (QED) is 0.446. The van der Waals surface area contributed by atoms with Crippen molar-refractivity contribution in [2.75, 3.05) is 14.1 Å². The second-order valence-electron chi connectivity index (χ2n) is 7.10. The number of nitrogens with zero attached hydrogens (tertiary/aromatic N) is 3. The molecule has 3 aromatic rings. The van der Waals surface area contributed by atoms with Gasteiger partial charge in [0, 0.05) is 32.6 Å². The number of rotatable bonds is 7. The van der Waals surface area contributed by atoms with Crippen LogP contribution < -0.4 is 11.2 Å². The summed E-state index contributed by atoms with van der Waals surface area (Å²) in [6.45, 7) is 0.145. The number of aromatic nitrogens is 2. The molecule has 0 aliphatic rings. The molecule has 0 spiro atoms. The zero-order chi connectivity index (χ0) is 21.7. The van der Waals surface area contributed by atoms with Gasteiger partial charge in [0.2, 0.25) is 0 Å². The van der Waals surface area contributed by atoms with E-state index < -0.39 is 22.8 Å². The summed E-state index contributed by atoms with van der Waals surface area (Å²) in [6.07, 6.45) is 4.14. The van der Waals surface area contributed by atoms with E-state index in [4.69, 9.17) is 0 Å². The minimum atomic E-state index is -0.679. The van der Waals surface area contributed by atoms with Crippen molar-refractivity contribution >= 4 is 5.78 Å². The zero-order valence-electron chi connectivity index (χ0n) is 16.8. The first-order chi connectivity index (χ1) is 14.3. The first kappa shape index (κ1) is 21.0. The van der Waals surface area contributed by atoms with Gasteiger partial charge in [-0.05, 0) is 23.3 Å². The molecule has 1 heterocycles. The highest BCUT2D eigenvalue weighted by molar-refractivity contribution is 6.03. The minimum absolute atomic E-state index is 0.0642. The number of allylic oxidation sites excluding steroid dienone is 1. The van der Waals surface area contributed by atoms with Crippen LogP contribution in [0.1, 0.15) is 21.5 Å². The van der Waals surface area contributed by atoms with Crippen molar-refractivity contribution in [1.29, 1.82) is 0 Å². The molecular weight excluding hydrogens is 385 g/mol. The van der Waals surface area contributed by atoms with Crippen molar-refractivity contribution < 1.29 is 9.18 Å². The lowest BCUT2D eigenvalue weighted by atomic mass is 10.2. The SMILES string of the molecule is CN(C)C=CC(=O)c1cn(Cc2ccccc2)c(=O)n(Cc2ccc(F)cc2)c1=O. The molecule has 0 aliphatic heterocycles. The number of ketones is 1. The predicted octanol–water partition coefficient (Wildman–Crippen LogP) is 2.50.